The molecule has 0 unspecified atom stereocenters. The van der Waals surface area contributed by atoms with Crippen molar-refractivity contribution >= 4 is 39.4 Å². The van der Waals surface area contributed by atoms with Gasteiger partial charge in [0.2, 0.25) is 0 Å². The summed E-state index contributed by atoms with van der Waals surface area (Å²) in [5.74, 6) is 0.472. The molecule has 0 N–H and O–H groups in total. The summed E-state index contributed by atoms with van der Waals surface area (Å²) < 4.78 is 0.977. The second-order valence-corrected chi connectivity index (χ2v) is 6.64. The predicted molar refractivity (Wildman–Crippen MR) is 107 cm³/mol. The van der Waals surface area contributed by atoms with Gasteiger partial charge in [-0.2, -0.15) is 0 Å². The lowest BCUT2D eigenvalue weighted by atomic mass is 10.1. The van der Waals surface area contributed by atoms with Crippen molar-refractivity contribution in [2.75, 3.05) is 4.90 Å². The fourth-order valence-electron chi connectivity index (χ4n) is 2.74. The van der Waals surface area contributed by atoms with E-state index in [1.165, 1.54) is 0 Å². The number of hydrogen-bond donors (Lipinski definition) is 0. The highest BCUT2D eigenvalue weighted by Gasteiger charge is 2.32. The first-order chi connectivity index (χ1) is 12.7. The molecule has 2 heterocycles. The molecule has 0 aliphatic carbocycles. The highest BCUT2D eigenvalue weighted by Crippen LogP contribution is 2.28. The number of pyridine rings is 1. The van der Waals surface area contributed by atoms with Crippen LogP contribution in [0.15, 0.2) is 94.3 Å². The molecule has 26 heavy (non-hydrogen) atoms. The molecule has 5 heteroatoms. The van der Waals surface area contributed by atoms with Gasteiger partial charge in [0.15, 0.2) is 0 Å². The molecule has 4 nitrogen and oxygen atoms in total. The largest absolute Gasteiger partial charge is 0.282 e. The van der Waals surface area contributed by atoms with Gasteiger partial charge in [-0.05, 0) is 48.0 Å². The van der Waals surface area contributed by atoms with Crippen LogP contribution in [0.25, 0.3) is 6.08 Å². The van der Waals surface area contributed by atoms with E-state index in [-0.39, 0.29) is 5.91 Å². The highest BCUT2D eigenvalue weighted by molar-refractivity contribution is 9.10. The van der Waals surface area contributed by atoms with Gasteiger partial charge >= 0.3 is 0 Å². The number of halogens is 1. The predicted octanol–water partition coefficient (Wildman–Crippen LogP) is 4.68. The Morgan fingerprint density at radius 1 is 0.885 bits per heavy atom. The van der Waals surface area contributed by atoms with Gasteiger partial charge in [0.25, 0.3) is 5.91 Å². The number of carbonyl (C=O) groups excluding carboxylic acids is 1. The van der Waals surface area contributed by atoms with Crippen LogP contribution in [0.1, 0.15) is 11.1 Å². The number of amidine groups is 1. The molecule has 126 valence electrons. The number of aliphatic imine (C=N–C) groups is 1. The van der Waals surface area contributed by atoms with Crippen LogP contribution >= 0.6 is 15.9 Å². The van der Waals surface area contributed by atoms with Crippen LogP contribution in [0.4, 0.5) is 5.69 Å². The first-order valence-corrected chi connectivity index (χ1v) is 8.87. The van der Waals surface area contributed by atoms with Crippen molar-refractivity contribution in [3.05, 3.63) is 100 Å². The van der Waals surface area contributed by atoms with Gasteiger partial charge in [-0.1, -0.05) is 46.3 Å². The Morgan fingerprint density at radius 3 is 2.27 bits per heavy atom. The number of hydrogen-bond acceptors (Lipinski definition) is 3. The maximum atomic E-state index is 13.1. The molecule has 0 spiro atoms. The number of anilines is 1. The number of para-hydroxylation sites is 1. The fourth-order valence-corrected chi connectivity index (χ4v) is 3.01. The molecular formula is C21H14BrN3O. The number of aromatic nitrogens is 1. The molecule has 0 saturated heterocycles. The number of nitrogens with zero attached hydrogens (tertiary/aromatic N) is 3. The normalized spacial score (nSPS) is 15.4. The van der Waals surface area contributed by atoms with Crippen molar-refractivity contribution in [1.29, 1.82) is 0 Å². The van der Waals surface area contributed by atoms with Crippen LogP contribution in [0.3, 0.4) is 0 Å². The molecule has 0 atom stereocenters. The molecule has 0 radical (unpaired) electrons. The SMILES string of the molecule is O=C1/C(=C\c2ccncc2)N=C(c2ccc(Br)cc2)N1c1ccccc1. The summed E-state index contributed by atoms with van der Waals surface area (Å²) in [4.78, 5) is 23.4. The number of amides is 1. The van der Waals surface area contributed by atoms with Gasteiger partial charge in [0, 0.05) is 22.4 Å². The van der Waals surface area contributed by atoms with E-state index in [4.69, 9.17) is 0 Å². The van der Waals surface area contributed by atoms with Gasteiger partial charge in [-0.3, -0.25) is 14.7 Å². The van der Waals surface area contributed by atoms with Crippen molar-refractivity contribution in [1.82, 2.24) is 4.98 Å². The average Bonchev–Trinajstić information content (AvgIpc) is 3.00. The third kappa shape index (κ3) is 3.21. The van der Waals surface area contributed by atoms with E-state index in [1.54, 1.807) is 23.4 Å². The summed E-state index contributed by atoms with van der Waals surface area (Å²) >= 11 is 3.44. The molecule has 1 aromatic heterocycles. The Labute approximate surface area is 159 Å². The minimum absolute atomic E-state index is 0.147. The zero-order valence-electron chi connectivity index (χ0n) is 13.7. The molecular weight excluding hydrogens is 390 g/mol. The Morgan fingerprint density at radius 2 is 1.58 bits per heavy atom. The number of rotatable bonds is 3. The number of benzene rings is 2. The molecule has 1 aliphatic rings. The van der Waals surface area contributed by atoms with E-state index in [0.717, 1.165) is 21.3 Å². The molecule has 2 aromatic carbocycles. The Balaban J connectivity index is 1.82. The quantitative estimate of drug-likeness (QED) is 0.596. The van der Waals surface area contributed by atoms with Gasteiger partial charge in [-0.15, -0.1) is 0 Å². The van der Waals surface area contributed by atoms with Crippen LogP contribution in [-0.2, 0) is 4.79 Å². The van der Waals surface area contributed by atoms with Crippen LogP contribution in [-0.4, -0.2) is 16.7 Å². The summed E-state index contributed by atoms with van der Waals surface area (Å²) in [6.07, 6.45) is 5.17. The van der Waals surface area contributed by atoms with E-state index in [2.05, 4.69) is 25.9 Å². The van der Waals surface area contributed by atoms with Crippen molar-refractivity contribution in [2.45, 2.75) is 0 Å². The van der Waals surface area contributed by atoms with Crippen LogP contribution in [0, 0.1) is 0 Å². The number of carbonyl (C=O) groups is 1. The second-order valence-electron chi connectivity index (χ2n) is 5.73. The summed E-state index contributed by atoms with van der Waals surface area (Å²) in [6.45, 7) is 0. The lowest BCUT2D eigenvalue weighted by molar-refractivity contribution is -0.113. The average molecular weight is 404 g/mol. The lowest BCUT2D eigenvalue weighted by Crippen LogP contribution is -2.32. The Hall–Kier alpha value is -3.05. The smallest absolute Gasteiger partial charge is 0.266 e. The van der Waals surface area contributed by atoms with Crippen LogP contribution < -0.4 is 4.90 Å². The minimum atomic E-state index is -0.147. The summed E-state index contributed by atoms with van der Waals surface area (Å²) in [7, 11) is 0. The standard InChI is InChI=1S/C21H14BrN3O/c22-17-8-6-16(7-9-17)20-24-19(14-15-10-12-23-13-11-15)21(26)25(20)18-4-2-1-3-5-18/h1-14H/b19-14+. The minimum Gasteiger partial charge on any atom is -0.266 e. The summed E-state index contributed by atoms with van der Waals surface area (Å²) in [6, 6.07) is 21.0. The van der Waals surface area contributed by atoms with E-state index < -0.39 is 0 Å². The van der Waals surface area contributed by atoms with Gasteiger partial charge < -0.3 is 0 Å². The van der Waals surface area contributed by atoms with Crippen molar-refractivity contribution in [3.8, 4) is 0 Å². The summed E-state index contributed by atoms with van der Waals surface area (Å²) in [5.41, 5.74) is 2.95. The van der Waals surface area contributed by atoms with Crippen LogP contribution in [0.2, 0.25) is 0 Å². The van der Waals surface area contributed by atoms with E-state index in [9.17, 15) is 4.79 Å². The lowest BCUT2D eigenvalue weighted by Gasteiger charge is -2.18. The van der Waals surface area contributed by atoms with Crippen molar-refractivity contribution < 1.29 is 4.79 Å². The van der Waals surface area contributed by atoms with Gasteiger partial charge in [-0.25, -0.2) is 4.99 Å². The Kier molecular flexibility index (Phi) is 4.46. The van der Waals surface area contributed by atoms with E-state index >= 15 is 0 Å². The third-order valence-corrected chi connectivity index (χ3v) is 4.52. The third-order valence-electron chi connectivity index (χ3n) is 3.99. The first kappa shape index (κ1) is 16.4. The molecule has 3 aromatic rings. The zero-order chi connectivity index (χ0) is 17.9. The van der Waals surface area contributed by atoms with Crippen molar-refractivity contribution in [3.63, 3.8) is 0 Å². The summed E-state index contributed by atoms with van der Waals surface area (Å²) in [5, 5.41) is 0. The fraction of sp³-hybridized carbons (Fsp3) is 0. The second kappa shape index (κ2) is 7.06. The topological polar surface area (TPSA) is 45.6 Å². The maximum Gasteiger partial charge on any atom is 0.282 e. The highest BCUT2D eigenvalue weighted by atomic mass is 79.9. The zero-order valence-corrected chi connectivity index (χ0v) is 15.3. The monoisotopic (exact) mass is 403 g/mol. The maximum absolute atomic E-state index is 13.1. The van der Waals surface area contributed by atoms with Gasteiger partial charge in [0.1, 0.15) is 11.5 Å². The van der Waals surface area contributed by atoms with Crippen molar-refractivity contribution in [2.24, 2.45) is 4.99 Å². The van der Waals surface area contributed by atoms with E-state index in [1.807, 2.05) is 66.7 Å². The van der Waals surface area contributed by atoms with Gasteiger partial charge in [0.05, 0.1) is 5.69 Å². The molecule has 0 saturated carbocycles. The molecule has 4 rings (SSSR count). The van der Waals surface area contributed by atoms with E-state index in [0.29, 0.717) is 11.5 Å². The molecule has 0 bridgehead atoms. The Bertz CT molecular complexity index is 996. The molecule has 0 fully saturated rings. The first-order valence-electron chi connectivity index (χ1n) is 8.08. The van der Waals surface area contributed by atoms with Crippen LogP contribution in [0.5, 0.6) is 0 Å². The molecule has 1 amide bonds. The molecule has 1 aliphatic heterocycles.